The SMILES string of the molecule is C/C=C1/C=C(N=C(NC=O)NC(=O)N(Cc2cc(F)c(F)cc2P)C2=CNCC(C)=C2)C(C)=CC1=NC(CC)CC(F)F. The van der Waals surface area contributed by atoms with Crippen LogP contribution in [0.2, 0.25) is 0 Å². The Hall–Kier alpha value is -4.05. The minimum Gasteiger partial charge on any atom is -0.385 e. The van der Waals surface area contributed by atoms with Gasteiger partial charge in [0.05, 0.1) is 29.7 Å². The first-order valence-electron chi connectivity index (χ1n) is 13.6. The van der Waals surface area contributed by atoms with Crippen LogP contribution in [0.5, 0.6) is 0 Å². The van der Waals surface area contributed by atoms with Gasteiger partial charge in [-0.3, -0.25) is 25.3 Å². The molecule has 0 aromatic heterocycles. The van der Waals surface area contributed by atoms with Gasteiger partial charge < -0.3 is 5.32 Å². The highest BCUT2D eigenvalue weighted by Gasteiger charge is 2.23. The van der Waals surface area contributed by atoms with E-state index in [1.807, 2.05) is 6.92 Å². The molecule has 2 aliphatic rings. The van der Waals surface area contributed by atoms with Crippen molar-refractivity contribution >= 4 is 38.7 Å². The van der Waals surface area contributed by atoms with E-state index < -0.39 is 30.1 Å². The summed E-state index contributed by atoms with van der Waals surface area (Å²) in [5.41, 5.74) is 3.90. The van der Waals surface area contributed by atoms with Gasteiger partial charge in [-0.1, -0.05) is 18.6 Å². The highest BCUT2D eigenvalue weighted by molar-refractivity contribution is 7.27. The van der Waals surface area contributed by atoms with Crippen LogP contribution in [-0.2, 0) is 11.3 Å². The van der Waals surface area contributed by atoms with E-state index in [-0.39, 0.29) is 18.9 Å². The highest BCUT2D eigenvalue weighted by Crippen LogP contribution is 2.24. The lowest BCUT2D eigenvalue weighted by Crippen LogP contribution is -2.47. The number of alkyl halides is 2. The number of carbonyl (C=O) groups is 2. The van der Waals surface area contributed by atoms with Crippen LogP contribution in [0.4, 0.5) is 22.4 Å². The van der Waals surface area contributed by atoms with Gasteiger partial charge >= 0.3 is 6.03 Å². The number of nitrogens with zero attached hydrogens (tertiary/aromatic N) is 3. The largest absolute Gasteiger partial charge is 0.385 e. The maximum Gasteiger partial charge on any atom is 0.329 e. The Morgan fingerprint density at radius 3 is 2.53 bits per heavy atom. The number of amides is 3. The summed E-state index contributed by atoms with van der Waals surface area (Å²) in [6.45, 7) is 7.62. The third-order valence-electron chi connectivity index (χ3n) is 6.65. The fourth-order valence-corrected chi connectivity index (χ4v) is 4.64. The summed E-state index contributed by atoms with van der Waals surface area (Å²) in [7, 11) is 2.33. The summed E-state index contributed by atoms with van der Waals surface area (Å²) < 4.78 is 53.8. The van der Waals surface area contributed by atoms with Gasteiger partial charge in [-0.2, -0.15) is 0 Å². The predicted molar refractivity (Wildman–Crippen MR) is 164 cm³/mol. The van der Waals surface area contributed by atoms with Crippen molar-refractivity contribution in [2.45, 2.75) is 59.5 Å². The van der Waals surface area contributed by atoms with E-state index >= 15 is 0 Å². The lowest BCUT2D eigenvalue weighted by Gasteiger charge is -2.27. The van der Waals surface area contributed by atoms with Crippen molar-refractivity contribution < 1.29 is 27.2 Å². The Balaban J connectivity index is 1.94. The summed E-state index contributed by atoms with van der Waals surface area (Å²) in [4.78, 5) is 35.3. The number of hydrogen-bond acceptors (Lipinski definition) is 5. The fraction of sp³-hybridized carbons (Fsp3) is 0.333. The van der Waals surface area contributed by atoms with E-state index in [9.17, 15) is 27.2 Å². The molecule has 1 aromatic carbocycles. The van der Waals surface area contributed by atoms with Crippen LogP contribution in [0.15, 0.2) is 80.7 Å². The average Bonchev–Trinajstić information content (AvgIpc) is 2.94. The third kappa shape index (κ3) is 9.22. The summed E-state index contributed by atoms with van der Waals surface area (Å²) in [6.07, 6.45) is 6.53. The molecule has 0 radical (unpaired) electrons. The number of benzene rings is 1. The van der Waals surface area contributed by atoms with E-state index in [0.29, 0.717) is 58.5 Å². The molecule has 0 spiro atoms. The molecule has 0 saturated heterocycles. The number of guanidine groups is 1. The van der Waals surface area contributed by atoms with Gasteiger partial charge in [0, 0.05) is 19.2 Å². The smallest absolute Gasteiger partial charge is 0.329 e. The van der Waals surface area contributed by atoms with Gasteiger partial charge in [-0.05, 0) is 79.6 Å². The van der Waals surface area contributed by atoms with Crippen molar-refractivity contribution in [1.29, 1.82) is 0 Å². The van der Waals surface area contributed by atoms with Gasteiger partial charge in [0.15, 0.2) is 11.6 Å². The van der Waals surface area contributed by atoms with Crippen molar-refractivity contribution in [2.75, 3.05) is 6.54 Å². The standard InChI is InChI=1S/C30H35F4N6O2P/c1-5-19-10-25(18(4)8-26(19)37-21(6-2)11-28(33)34)38-29(36-16-41)39-30(42)40(22-7-17(3)13-35-14-22)15-20-9-23(31)24(32)12-27(20)43/h5,7-10,12,14,16,21,28,35H,6,11,13,15,43H2,1-4H3,(H2,36,38,39,41,42)/b19-5-,37-26?. The third-order valence-corrected chi connectivity index (χ3v) is 7.18. The number of aliphatic imine (C=N–C) groups is 2. The summed E-state index contributed by atoms with van der Waals surface area (Å²) in [6, 6.07) is 0.791. The fourth-order valence-electron chi connectivity index (χ4n) is 4.32. The molecular formula is C30H35F4N6O2P. The molecule has 0 bridgehead atoms. The zero-order valence-corrected chi connectivity index (χ0v) is 25.5. The Morgan fingerprint density at radius 1 is 1.19 bits per heavy atom. The normalized spacial score (nSPS) is 18.0. The van der Waals surface area contributed by atoms with Gasteiger partial charge in [0.2, 0.25) is 18.8 Å². The predicted octanol–water partition coefficient (Wildman–Crippen LogP) is 5.13. The minimum atomic E-state index is -2.47. The van der Waals surface area contributed by atoms with Crippen LogP contribution in [-0.4, -0.2) is 48.0 Å². The van der Waals surface area contributed by atoms with Crippen molar-refractivity contribution in [3.63, 3.8) is 0 Å². The number of carbonyl (C=O) groups excluding carboxylic acids is 2. The number of nitrogens with one attached hydrogen (secondary N) is 3. The van der Waals surface area contributed by atoms with Gasteiger partial charge in [-0.25, -0.2) is 27.3 Å². The second kappa shape index (κ2) is 15.4. The van der Waals surface area contributed by atoms with Crippen LogP contribution in [0.25, 0.3) is 0 Å². The molecule has 2 unspecified atom stereocenters. The number of hydrogen-bond donors (Lipinski definition) is 3. The molecule has 3 amide bonds. The first-order chi connectivity index (χ1) is 20.4. The van der Waals surface area contributed by atoms with E-state index in [4.69, 9.17) is 0 Å². The second-order valence-corrected chi connectivity index (χ2v) is 10.6. The van der Waals surface area contributed by atoms with Crippen molar-refractivity contribution in [3.05, 3.63) is 87.9 Å². The molecule has 2 atom stereocenters. The van der Waals surface area contributed by atoms with Crippen LogP contribution in [0.3, 0.4) is 0 Å². The molecule has 3 N–H and O–H groups in total. The zero-order valence-electron chi connectivity index (χ0n) is 24.3. The number of urea groups is 1. The highest BCUT2D eigenvalue weighted by atomic mass is 31.0. The van der Waals surface area contributed by atoms with Crippen molar-refractivity contribution in [1.82, 2.24) is 20.9 Å². The summed E-state index contributed by atoms with van der Waals surface area (Å²) in [5.74, 6) is -2.26. The lowest BCUT2D eigenvalue weighted by atomic mass is 9.97. The minimum absolute atomic E-state index is 0.130. The Labute approximate surface area is 250 Å². The molecule has 230 valence electrons. The topological polar surface area (TPSA) is 98.2 Å². The van der Waals surface area contributed by atoms with E-state index in [1.165, 1.54) is 4.90 Å². The maximum absolute atomic E-state index is 14.1. The maximum atomic E-state index is 14.1. The first-order valence-corrected chi connectivity index (χ1v) is 14.2. The monoisotopic (exact) mass is 618 g/mol. The van der Waals surface area contributed by atoms with Gasteiger partial charge in [0.1, 0.15) is 0 Å². The number of allylic oxidation sites excluding steroid dienone is 6. The van der Waals surface area contributed by atoms with Crippen molar-refractivity contribution in [3.8, 4) is 0 Å². The Bertz CT molecular complexity index is 1460. The molecule has 1 aromatic rings. The number of dihydropyridines is 1. The summed E-state index contributed by atoms with van der Waals surface area (Å²) in [5, 5.41) is 8.41. The quantitative estimate of drug-likeness (QED) is 0.118. The average molecular weight is 619 g/mol. The lowest BCUT2D eigenvalue weighted by molar-refractivity contribution is -0.108. The Morgan fingerprint density at radius 2 is 1.91 bits per heavy atom. The van der Waals surface area contributed by atoms with Crippen LogP contribution < -0.4 is 21.3 Å². The van der Waals surface area contributed by atoms with E-state index in [2.05, 4.69) is 35.2 Å². The van der Waals surface area contributed by atoms with Crippen LogP contribution in [0, 0.1) is 11.6 Å². The van der Waals surface area contributed by atoms with Crippen LogP contribution in [0.1, 0.15) is 46.1 Å². The molecule has 1 aliphatic carbocycles. The molecule has 43 heavy (non-hydrogen) atoms. The Kier molecular flexibility index (Phi) is 12.0. The molecule has 1 aliphatic heterocycles. The number of rotatable bonds is 9. The molecule has 3 rings (SSSR count). The van der Waals surface area contributed by atoms with E-state index in [0.717, 1.165) is 17.7 Å². The van der Waals surface area contributed by atoms with E-state index in [1.54, 1.807) is 51.3 Å². The molecular weight excluding hydrogens is 583 g/mol. The number of halogens is 4. The van der Waals surface area contributed by atoms with Crippen LogP contribution >= 0.6 is 9.24 Å². The van der Waals surface area contributed by atoms with Crippen molar-refractivity contribution in [2.24, 2.45) is 9.98 Å². The first kappa shape index (κ1) is 33.5. The zero-order chi connectivity index (χ0) is 31.7. The van der Waals surface area contributed by atoms with Gasteiger partial charge in [0.25, 0.3) is 0 Å². The second-order valence-electron chi connectivity index (χ2n) is 9.95. The molecule has 0 saturated carbocycles. The van der Waals surface area contributed by atoms with Gasteiger partial charge in [-0.15, -0.1) is 9.24 Å². The molecule has 1 heterocycles. The molecule has 8 nitrogen and oxygen atoms in total. The summed E-state index contributed by atoms with van der Waals surface area (Å²) >= 11 is 0. The molecule has 0 fully saturated rings. The molecule has 13 heteroatoms.